The number of hydrogen-bond acceptors (Lipinski definition) is 6. The molecule has 3 amide bonds. The molecule has 1 aliphatic rings. The van der Waals surface area contributed by atoms with Gasteiger partial charge in [-0.05, 0) is 38.5 Å². The lowest BCUT2D eigenvalue weighted by Crippen LogP contribution is -2.45. The van der Waals surface area contributed by atoms with Gasteiger partial charge in [0.2, 0.25) is 5.91 Å². The number of benzene rings is 2. The molecule has 0 unspecified atom stereocenters. The zero-order chi connectivity index (χ0) is 26.2. The molecule has 188 valence electrons. The summed E-state index contributed by atoms with van der Waals surface area (Å²) in [6.45, 7) is 6.48. The number of imide groups is 1. The Labute approximate surface area is 216 Å². The summed E-state index contributed by atoms with van der Waals surface area (Å²) in [5.74, 6) is -0.988. The van der Waals surface area contributed by atoms with Crippen LogP contribution in [0.25, 0.3) is 10.9 Å². The fourth-order valence-electron chi connectivity index (χ4n) is 4.14. The van der Waals surface area contributed by atoms with E-state index in [2.05, 4.69) is 21.2 Å². The minimum absolute atomic E-state index is 0.0180. The molecule has 2 atom stereocenters. The van der Waals surface area contributed by atoms with Crippen molar-refractivity contribution in [2.75, 3.05) is 6.61 Å². The second-order valence-electron chi connectivity index (χ2n) is 9.43. The highest BCUT2D eigenvalue weighted by Gasteiger charge is 2.43. The third kappa shape index (κ3) is 5.13. The number of rotatable bonds is 4. The first-order chi connectivity index (χ1) is 17.0. The second-order valence-corrected chi connectivity index (χ2v) is 10.3. The Morgan fingerprint density at radius 2 is 1.83 bits per heavy atom. The molecule has 1 aromatic heterocycles. The van der Waals surface area contributed by atoms with Crippen molar-refractivity contribution >= 4 is 50.8 Å². The number of fused-ring (bicyclic) bond motifs is 1. The summed E-state index contributed by atoms with van der Waals surface area (Å²) in [6.07, 6.45) is -0.161. The van der Waals surface area contributed by atoms with Crippen molar-refractivity contribution in [3.63, 3.8) is 0 Å². The summed E-state index contributed by atoms with van der Waals surface area (Å²) in [5, 5.41) is 3.18. The van der Waals surface area contributed by atoms with Gasteiger partial charge in [0.05, 0.1) is 5.52 Å². The standard InChI is InChI=1S/C26H26BrN3O6/c1-15(31)29-13-19(18-11-10-17(27)12-20(18)29)22(28-24(33)36-26(2,3)4)23(32)30-21(14-35-25(30)34)16-8-6-5-7-9-16/h5-13,21-22H,14H2,1-4H3,(H,28,33)/t21-,22+/m0/s1. The molecule has 9 nitrogen and oxygen atoms in total. The van der Waals surface area contributed by atoms with Crippen molar-refractivity contribution in [3.05, 3.63) is 70.3 Å². The lowest BCUT2D eigenvalue weighted by Gasteiger charge is -2.27. The van der Waals surface area contributed by atoms with E-state index in [1.807, 2.05) is 6.07 Å². The highest BCUT2D eigenvalue weighted by Crippen LogP contribution is 2.34. The van der Waals surface area contributed by atoms with Crippen molar-refractivity contribution in [2.45, 2.75) is 45.4 Å². The van der Waals surface area contributed by atoms with Gasteiger partial charge in [-0.2, -0.15) is 0 Å². The highest BCUT2D eigenvalue weighted by molar-refractivity contribution is 9.10. The van der Waals surface area contributed by atoms with Crippen LogP contribution >= 0.6 is 15.9 Å². The Morgan fingerprint density at radius 3 is 2.47 bits per heavy atom. The topological polar surface area (TPSA) is 107 Å². The van der Waals surface area contributed by atoms with Crippen LogP contribution in [0.2, 0.25) is 0 Å². The molecular formula is C26H26BrN3O6. The van der Waals surface area contributed by atoms with E-state index in [0.717, 1.165) is 9.37 Å². The molecule has 0 spiro atoms. The number of ether oxygens (including phenoxy) is 2. The van der Waals surface area contributed by atoms with Gasteiger partial charge in [0, 0.05) is 28.5 Å². The van der Waals surface area contributed by atoms with Crippen LogP contribution in [0.3, 0.4) is 0 Å². The number of alkyl carbamates (subject to hydrolysis) is 1. The average molecular weight is 556 g/mol. The summed E-state index contributed by atoms with van der Waals surface area (Å²) in [6, 6.07) is 12.3. The number of nitrogens with one attached hydrogen (secondary N) is 1. The molecule has 10 heteroatoms. The van der Waals surface area contributed by atoms with Gasteiger partial charge in [0.15, 0.2) is 0 Å². The molecule has 3 aromatic rings. The maximum Gasteiger partial charge on any atom is 0.417 e. The molecule has 36 heavy (non-hydrogen) atoms. The molecule has 2 aromatic carbocycles. The number of halogens is 1. The monoisotopic (exact) mass is 555 g/mol. The lowest BCUT2D eigenvalue weighted by atomic mass is 10.0. The van der Waals surface area contributed by atoms with Gasteiger partial charge in [-0.3, -0.25) is 14.2 Å². The van der Waals surface area contributed by atoms with E-state index in [-0.39, 0.29) is 12.5 Å². The number of aromatic nitrogens is 1. The normalized spacial score (nSPS) is 16.5. The van der Waals surface area contributed by atoms with E-state index in [0.29, 0.717) is 22.0 Å². The Hall–Kier alpha value is -3.66. The minimum Gasteiger partial charge on any atom is -0.446 e. The summed E-state index contributed by atoms with van der Waals surface area (Å²) >= 11 is 3.41. The quantitative estimate of drug-likeness (QED) is 0.465. The van der Waals surface area contributed by atoms with Crippen molar-refractivity contribution < 1.29 is 28.7 Å². The third-order valence-electron chi connectivity index (χ3n) is 5.65. The fraction of sp³-hybridized carbons (Fsp3) is 0.308. The van der Waals surface area contributed by atoms with E-state index in [9.17, 15) is 19.2 Å². The van der Waals surface area contributed by atoms with E-state index in [1.165, 1.54) is 17.7 Å². The minimum atomic E-state index is -1.33. The molecule has 0 radical (unpaired) electrons. The number of carbonyl (C=O) groups is 4. The van der Waals surface area contributed by atoms with Gasteiger partial charge in [-0.15, -0.1) is 0 Å². The van der Waals surface area contributed by atoms with Crippen LogP contribution in [0.15, 0.2) is 59.2 Å². The van der Waals surface area contributed by atoms with Gasteiger partial charge < -0.3 is 14.8 Å². The predicted octanol–water partition coefficient (Wildman–Crippen LogP) is 5.35. The maximum atomic E-state index is 14.0. The van der Waals surface area contributed by atoms with Crippen molar-refractivity contribution in [3.8, 4) is 0 Å². The van der Waals surface area contributed by atoms with Gasteiger partial charge >= 0.3 is 12.2 Å². The van der Waals surface area contributed by atoms with Crippen LogP contribution in [-0.2, 0) is 14.3 Å². The molecule has 0 saturated carbocycles. The smallest absolute Gasteiger partial charge is 0.417 e. The largest absolute Gasteiger partial charge is 0.446 e. The zero-order valence-corrected chi connectivity index (χ0v) is 21.9. The SMILES string of the molecule is CC(=O)n1cc([C@@H](NC(=O)OC(C)(C)C)C(=O)N2C(=O)OC[C@H]2c2ccccc2)c2ccc(Br)cc21. The molecule has 1 saturated heterocycles. The molecule has 1 aliphatic heterocycles. The zero-order valence-electron chi connectivity index (χ0n) is 20.3. The molecular weight excluding hydrogens is 530 g/mol. The first kappa shape index (κ1) is 25.4. The third-order valence-corrected chi connectivity index (χ3v) is 6.14. The number of carbonyl (C=O) groups excluding carboxylic acids is 4. The second kappa shape index (κ2) is 9.77. The number of cyclic esters (lactones) is 1. The Kier molecular flexibility index (Phi) is 6.90. The molecule has 0 bridgehead atoms. The summed E-state index contributed by atoms with van der Waals surface area (Å²) in [5.41, 5.74) is 0.770. The van der Waals surface area contributed by atoms with Crippen LogP contribution < -0.4 is 5.32 Å². The Bertz CT molecular complexity index is 1340. The van der Waals surface area contributed by atoms with Crippen LogP contribution in [-0.4, -0.2) is 45.7 Å². The molecule has 2 heterocycles. The fourth-order valence-corrected chi connectivity index (χ4v) is 4.49. The molecule has 1 N–H and O–H groups in total. The highest BCUT2D eigenvalue weighted by atomic mass is 79.9. The first-order valence-electron chi connectivity index (χ1n) is 11.3. The Balaban J connectivity index is 1.82. The van der Waals surface area contributed by atoms with Crippen LogP contribution in [0, 0.1) is 0 Å². The lowest BCUT2D eigenvalue weighted by molar-refractivity contribution is -0.131. The van der Waals surface area contributed by atoms with E-state index in [4.69, 9.17) is 9.47 Å². The van der Waals surface area contributed by atoms with Gasteiger partial charge in [-0.1, -0.05) is 52.3 Å². The first-order valence-corrected chi connectivity index (χ1v) is 12.1. The summed E-state index contributed by atoms with van der Waals surface area (Å²) in [4.78, 5) is 53.0. The maximum absolute atomic E-state index is 14.0. The molecule has 4 rings (SSSR count). The van der Waals surface area contributed by atoms with E-state index < -0.39 is 35.8 Å². The molecule has 1 fully saturated rings. The van der Waals surface area contributed by atoms with Crippen molar-refractivity contribution in [1.82, 2.24) is 14.8 Å². The van der Waals surface area contributed by atoms with E-state index >= 15 is 0 Å². The summed E-state index contributed by atoms with van der Waals surface area (Å²) < 4.78 is 12.8. The number of hydrogen-bond donors (Lipinski definition) is 1. The van der Waals surface area contributed by atoms with Crippen LogP contribution in [0.4, 0.5) is 9.59 Å². The van der Waals surface area contributed by atoms with Crippen molar-refractivity contribution in [1.29, 1.82) is 0 Å². The number of amides is 3. The predicted molar refractivity (Wildman–Crippen MR) is 135 cm³/mol. The number of nitrogens with zero attached hydrogens (tertiary/aromatic N) is 2. The van der Waals surface area contributed by atoms with Gasteiger partial charge in [0.1, 0.15) is 24.3 Å². The van der Waals surface area contributed by atoms with Gasteiger partial charge in [-0.25, -0.2) is 14.5 Å². The van der Waals surface area contributed by atoms with Crippen LogP contribution in [0.5, 0.6) is 0 Å². The van der Waals surface area contributed by atoms with Crippen LogP contribution in [0.1, 0.15) is 55.7 Å². The summed E-state index contributed by atoms with van der Waals surface area (Å²) in [7, 11) is 0. The van der Waals surface area contributed by atoms with E-state index in [1.54, 1.807) is 63.2 Å². The molecule has 0 aliphatic carbocycles. The van der Waals surface area contributed by atoms with Gasteiger partial charge in [0.25, 0.3) is 5.91 Å². The average Bonchev–Trinajstić information content (AvgIpc) is 3.37. The Morgan fingerprint density at radius 1 is 1.14 bits per heavy atom. The van der Waals surface area contributed by atoms with Crippen molar-refractivity contribution in [2.24, 2.45) is 0 Å².